The Bertz CT molecular complexity index is 390. The second-order valence-electron chi connectivity index (χ2n) is 3.72. The van der Waals surface area contributed by atoms with Crippen LogP contribution in [-0.4, -0.2) is 30.4 Å². The van der Waals surface area contributed by atoms with Crippen molar-refractivity contribution in [1.82, 2.24) is 0 Å². The maximum Gasteiger partial charge on any atom is 0.335 e. The predicted molar refractivity (Wildman–Crippen MR) is 65.0 cm³/mol. The largest absolute Gasteiger partial charge is 0.490 e. The zero-order valence-electron chi connectivity index (χ0n) is 9.77. The van der Waals surface area contributed by atoms with Crippen LogP contribution in [0.5, 0.6) is 5.75 Å². The first kappa shape index (κ1) is 13.8. The lowest BCUT2D eigenvalue weighted by atomic mass is 10.2. The Labute approximate surface area is 105 Å². The zero-order chi connectivity index (χ0) is 12.8. The van der Waals surface area contributed by atoms with Crippen molar-refractivity contribution in [3.8, 4) is 5.75 Å². The Morgan fingerprint density at radius 1 is 1.41 bits per heavy atom. The van der Waals surface area contributed by atoms with Crippen LogP contribution in [0.3, 0.4) is 0 Å². The topological polar surface area (TPSA) is 55.8 Å². The number of benzene rings is 1. The molecular weight excluding hydrogens is 244 g/mol. The molecule has 0 aromatic heterocycles. The molecule has 0 heterocycles. The number of aromatic carboxylic acids is 1. The average molecular weight is 259 g/mol. The fraction of sp³-hybridized carbons (Fsp3) is 0.417. The zero-order valence-corrected chi connectivity index (χ0v) is 10.5. The average Bonchev–Trinajstić information content (AvgIpc) is 2.25. The molecule has 0 saturated heterocycles. The SMILES string of the molecule is CC(C)OCCOc1ccc(C(=O)O)cc1Cl. The van der Waals surface area contributed by atoms with Gasteiger partial charge in [-0.15, -0.1) is 0 Å². The minimum Gasteiger partial charge on any atom is -0.490 e. The highest BCUT2D eigenvalue weighted by molar-refractivity contribution is 6.32. The molecule has 0 aliphatic carbocycles. The highest BCUT2D eigenvalue weighted by Crippen LogP contribution is 2.25. The molecule has 0 radical (unpaired) electrons. The summed E-state index contributed by atoms with van der Waals surface area (Å²) in [4.78, 5) is 10.7. The third kappa shape index (κ3) is 4.63. The van der Waals surface area contributed by atoms with Gasteiger partial charge in [0.15, 0.2) is 0 Å². The molecule has 17 heavy (non-hydrogen) atoms. The van der Waals surface area contributed by atoms with Crippen molar-refractivity contribution in [3.05, 3.63) is 28.8 Å². The summed E-state index contributed by atoms with van der Waals surface area (Å²) in [7, 11) is 0. The minimum atomic E-state index is -1.01. The Morgan fingerprint density at radius 3 is 2.65 bits per heavy atom. The van der Waals surface area contributed by atoms with Gasteiger partial charge in [0.25, 0.3) is 0 Å². The summed E-state index contributed by atoms with van der Waals surface area (Å²) in [6, 6.07) is 4.36. The van der Waals surface area contributed by atoms with Gasteiger partial charge in [-0.1, -0.05) is 11.6 Å². The molecule has 0 amide bonds. The lowest BCUT2D eigenvalue weighted by molar-refractivity contribution is 0.0552. The van der Waals surface area contributed by atoms with E-state index in [1.54, 1.807) is 6.07 Å². The van der Waals surface area contributed by atoms with Gasteiger partial charge in [-0.25, -0.2) is 4.79 Å². The van der Waals surface area contributed by atoms with Crippen molar-refractivity contribution >= 4 is 17.6 Å². The molecule has 0 aliphatic rings. The number of carboxylic acid groups (broad SMARTS) is 1. The first-order valence-corrected chi connectivity index (χ1v) is 5.65. The Kier molecular flexibility index (Phi) is 5.25. The first-order valence-electron chi connectivity index (χ1n) is 5.28. The molecule has 1 aromatic rings. The number of carboxylic acids is 1. The van der Waals surface area contributed by atoms with E-state index in [1.807, 2.05) is 13.8 Å². The maximum atomic E-state index is 10.7. The number of halogens is 1. The van der Waals surface area contributed by atoms with Crippen molar-refractivity contribution in [2.45, 2.75) is 20.0 Å². The third-order valence-corrected chi connectivity index (χ3v) is 2.27. The molecule has 1 rings (SSSR count). The summed E-state index contributed by atoms with van der Waals surface area (Å²) < 4.78 is 10.7. The van der Waals surface area contributed by atoms with E-state index in [-0.39, 0.29) is 16.7 Å². The van der Waals surface area contributed by atoms with Gasteiger partial charge >= 0.3 is 5.97 Å². The number of carbonyl (C=O) groups is 1. The quantitative estimate of drug-likeness (QED) is 0.797. The molecule has 0 saturated carbocycles. The highest BCUT2D eigenvalue weighted by atomic mass is 35.5. The molecule has 4 nitrogen and oxygen atoms in total. The third-order valence-electron chi connectivity index (χ3n) is 1.97. The number of hydrogen-bond acceptors (Lipinski definition) is 3. The monoisotopic (exact) mass is 258 g/mol. The smallest absolute Gasteiger partial charge is 0.335 e. The molecule has 0 atom stereocenters. The summed E-state index contributed by atoms with van der Waals surface area (Å²) in [5.74, 6) is -0.550. The molecule has 0 unspecified atom stereocenters. The number of rotatable bonds is 6. The van der Waals surface area contributed by atoms with E-state index in [4.69, 9.17) is 26.2 Å². The van der Waals surface area contributed by atoms with Crippen LogP contribution in [0.15, 0.2) is 18.2 Å². The van der Waals surface area contributed by atoms with Crippen LogP contribution in [0.2, 0.25) is 5.02 Å². The van der Waals surface area contributed by atoms with Gasteiger partial charge in [0, 0.05) is 0 Å². The Balaban J connectivity index is 2.52. The molecule has 0 spiro atoms. The summed E-state index contributed by atoms with van der Waals surface area (Å²) in [6.45, 7) is 4.72. The van der Waals surface area contributed by atoms with Crippen molar-refractivity contribution in [2.75, 3.05) is 13.2 Å². The van der Waals surface area contributed by atoms with Crippen LogP contribution < -0.4 is 4.74 Å². The van der Waals surface area contributed by atoms with E-state index in [2.05, 4.69) is 0 Å². The Hall–Kier alpha value is -1.26. The van der Waals surface area contributed by atoms with Gasteiger partial charge in [0.1, 0.15) is 12.4 Å². The van der Waals surface area contributed by atoms with Crippen molar-refractivity contribution in [1.29, 1.82) is 0 Å². The predicted octanol–water partition coefficient (Wildman–Crippen LogP) is 2.84. The fourth-order valence-corrected chi connectivity index (χ4v) is 1.42. The van der Waals surface area contributed by atoms with Crippen LogP contribution in [-0.2, 0) is 4.74 Å². The van der Waals surface area contributed by atoms with E-state index in [0.717, 1.165) is 0 Å². The highest BCUT2D eigenvalue weighted by Gasteiger charge is 2.07. The lowest BCUT2D eigenvalue weighted by Gasteiger charge is -2.10. The second kappa shape index (κ2) is 6.47. The van der Waals surface area contributed by atoms with E-state index in [0.29, 0.717) is 19.0 Å². The summed E-state index contributed by atoms with van der Waals surface area (Å²) in [6.07, 6.45) is 0.156. The van der Waals surface area contributed by atoms with Crippen LogP contribution in [0.4, 0.5) is 0 Å². The van der Waals surface area contributed by atoms with Crippen LogP contribution in [0, 0.1) is 0 Å². The second-order valence-corrected chi connectivity index (χ2v) is 4.13. The van der Waals surface area contributed by atoms with E-state index in [9.17, 15) is 4.79 Å². The molecule has 0 fully saturated rings. The molecule has 0 bridgehead atoms. The molecule has 5 heteroatoms. The van der Waals surface area contributed by atoms with E-state index >= 15 is 0 Å². The molecule has 1 aromatic carbocycles. The minimum absolute atomic E-state index is 0.140. The lowest BCUT2D eigenvalue weighted by Crippen LogP contribution is -2.11. The van der Waals surface area contributed by atoms with Crippen LogP contribution in [0.1, 0.15) is 24.2 Å². The first-order chi connectivity index (χ1) is 8.00. The van der Waals surface area contributed by atoms with Gasteiger partial charge in [-0.3, -0.25) is 0 Å². The van der Waals surface area contributed by atoms with Gasteiger partial charge in [0.2, 0.25) is 0 Å². The molecule has 94 valence electrons. The summed E-state index contributed by atoms with van der Waals surface area (Å²) in [5, 5.41) is 9.04. The number of hydrogen-bond donors (Lipinski definition) is 1. The summed E-state index contributed by atoms with van der Waals surface area (Å²) in [5.41, 5.74) is 0.140. The Morgan fingerprint density at radius 2 is 2.12 bits per heavy atom. The van der Waals surface area contributed by atoms with Crippen molar-refractivity contribution in [2.24, 2.45) is 0 Å². The molecular formula is C12H15ClO4. The normalized spacial score (nSPS) is 10.6. The number of ether oxygens (including phenoxy) is 2. The van der Waals surface area contributed by atoms with Gasteiger partial charge in [0.05, 0.1) is 23.3 Å². The van der Waals surface area contributed by atoms with E-state index < -0.39 is 5.97 Å². The standard InChI is InChI=1S/C12H15ClO4/c1-8(2)16-5-6-17-11-4-3-9(12(14)15)7-10(11)13/h3-4,7-8H,5-6H2,1-2H3,(H,14,15). The molecule has 0 aliphatic heterocycles. The van der Waals surface area contributed by atoms with Crippen molar-refractivity contribution < 1.29 is 19.4 Å². The van der Waals surface area contributed by atoms with E-state index in [1.165, 1.54) is 12.1 Å². The fourth-order valence-electron chi connectivity index (χ4n) is 1.19. The van der Waals surface area contributed by atoms with Gasteiger partial charge < -0.3 is 14.6 Å². The molecule has 1 N–H and O–H groups in total. The van der Waals surface area contributed by atoms with Crippen molar-refractivity contribution in [3.63, 3.8) is 0 Å². The summed E-state index contributed by atoms with van der Waals surface area (Å²) >= 11 is 5.89. The van der Waals surface area contributed by atoms with Crippen LogP contribution >= 0.6 is 11.6 Å². The van der Waals surface area contributed by atoms with Gasteiger partial charge in [-0.2, -0.15) is 0 Å². The van der Waals surface area contributed by atoms with Crippen LogP contribution in [0.25, 0.3) is 0 Å². The van der Waals surface area contributed by atoms with Gasteiger partial charge in [-0.05, 0) is 32.0 Å². The maximum absolute atomic E-state index is 10.7.